The Morgan fingerprint density at radius 1 is 1.07 bits per heavy atom. The van der Waals surface area contributed by atoms with E-state index in [4.69, 9.17) is 5.73 Å². The molecule has 0 radical (unpaired) electrons. The van der Waals surface area contributed by atoms with Gasteiger partial charge in [-0.05, 0) is 38.1 Å². The lowest BCUT2D eigenvalue weighted by Crippen LogP contribution is -2.40. The Bertz CT molecular complexity index is 275. The minimum absolute atomic E-state index is 0.657. The molecular weight excluding hydrogens is 180 g/mol. The molecule has 0 spiro atoms. The summed E-state index contributed by atoms with van der Waals surface area (Å²) in [4.78, 5) is 1.49. The maximum absolute atomic E-state index is 9.44. The Kier molecular flexibility index (Phi) is 3.33. The molecule has 2 atom stereocenters. The van der Waals surface area contributed by atoms with Gasteiger partial charge in [-0.2, -0.15) is 0 Å². The van der Waals surface area contributed by atoms with E-state index in [0.717, 1.165) is 5.69 Å². The van der Waals surface area contributed by atoms with Crippen LogP contribution >= 0.6 is 0 Å². The fourth-order valence-electron chi connectivity index (χ4n) is 1.39. The summed E-state index contributed by atoms with van der Waals surface area (Å²) >= 11 is 0. The standard InChI is InChI=1S/C10H16N2O2/c1-7(13)12(8(2)14)10-5-3-9(11)4-6-10/h3-8,13-14H,11H2,1-2H3. The van der Waals surface area contributed by atoms with Crippen molar-refractivity contribution in [2.75, 3.05) is 10.6 Å². The molecule has 0 heterocycles. The second kappa shape index (κ2) is 4.30. The van der Waals surface area contributed by atoms with Crippen molar-refractivity contribution >= 4 is 11.4 Å². The Morgan fingerprint density at radius 2 is 1.50 bits per heavy atom. The highest BCUT2D eigenvalue weighted by molar-refractivity contribution is 5.53. The quantitative estimate of drug-likeness (QED) is 0.493. The zero-order chi connectivity index (χ0) is 10.7. The average molecular weight is 196 g/mol. The second-order valence-corrected chi connectivity index (χ2v) is 3.26. The highest BCUT2D eigenvalue weighted by Crippen LogP contribution is 2.19. The van der Waals surface area contributed by atoms with Gasteiger partial charge in [0.2, 0.25) is 0 Å². The largest absolute Gasteiger partial charge is 0.399 e. The SMILES string of the molecule is CC(O)N(c1ccc(N)cc1)C(C)O. The van der Waals surface area contributed by atoms with E-state index in [0.29, 0.717) is 5.69 Å². The summed E-state index contributed by atoms with van der Waals surface area (Å²) < 4.78 is 0. The number of rotatable bonds is 3. The van der Waals surface area contributed by atoms with Crippen LogP contribution in [-0.2, 0) is 0 Å². The Labute approximate surface area is 83.6 Å². The third kappa shape index (κ3) is 2.37. The van der Waals surface area contributed by atoms with Crippen molar-refractivity contribution < 1.29 is 10.2 Å². The molecule has 2 unspecified atom stereocenters. The molecule has 0 aliphatic rings. The number of hydrogen-bond donors (Lipinski definition) is 3. The Balaban J connectivity index is 2.94. The molecule has 0 saturated carbocycles. The minimum Gasteiger partial charge on any atom is -0.399 e. The first-order valence-electron chi connectivity index (χ1n) is 4.52. The molecule has 4 heteroatoms. The van der Waals surface area contributed by atoms with Crippen molar-refractivity contribution in [3.05, 3.63) is 24.3 Å². The molecule has 0 fully saturated rings. The number of anilines is 2. The van der Waals surface area contributed by atoms with Crippen LogP contribution in [0.3, 0.4) is 0 Å². The monoisotopic (exact) mass is 196 g/mol. The molecule has 0 amide bonds. The van der Waals surface area contributed by atoms with Crippen LogP contribution in [0.5, 0.6) is 0 Å². The predicted molar refractivity (Wildman–Crippen MR) is 56.7 cm³/mol. The van der Waals surface area contributed by atoms with E-state index in [2.05, 4.69) is 0 Å². The molecule has 0 aliphatic heterocycles. The van der Waals surface area contributed by atoms with Gasteiger partial charge in [0, 0.05) is 11.4 Å². The summed E-state index contributed by atoms with van der Waals surface area (Å²) in [6, 6.07) is 6.98. The van der Waals surface area contributed by atoms with Gasteiger partial charge in [-0.25, -0.2) is 0 Å². The lowest BCUT2D eigenvalue weighted by atomic mass is 10.2. The van der Waals surface area contributed by atoms with Crippen molar-refractivity contribution in [2.45, 2.75) is 26.3 Å². The van der Waals surface area contributed by atoms with E-state index < -0.39 is 12.5 Å². The van der Waals surface area contributed by atoms with Crippen molar-refractivity contribution in [3.8, 4) is 0 Å². The van der Waals surface area contributed by atoms with E-state index >= 15 is 0 Å². The van der Waals surface area contributed by atoms with E-state index in [9.17, 15) is 10.2 Å². The van der Waals surface area contributed by atoms with Crippen molar-refractivity contribution in [1.82, 2.24) is 0 Å². The number of hydrogen-bond acceptors (Lipinski definition) is 4. The normalized spacial score (nSPS) is 14.9. The van der Waals surface area contributed by atoms with Gasteiger partial charge in [0.25, 0.3) is 0 Å². The van der Waals surface area contributed by atoms with Gasteiger partial charge >= 0.3 is 0 Å². The van der Waals surface area contributed by atoms with Gasteiger partial charge < -0.3 is 20.8 Å². The van der Waals surface area contributed by atoms with Crippen LogP contribution in [0, 0.1) is 0 Å². The lowest BCUT2D eigenvalue weighted by molar-refractivity contribution is 0.105. The van der Waals surface area contributed by atoms with Crippen molar-refractivity contribution in [3.63, 3.8) is 0 Å². The van der Waals surface area contributed by atoms with Gasteiger partial charge in [-0.3, -0.25) is 0 Å². The van der Waals surface area contributed by atoms with Crippen molar-refractivity contribution in [2.24, 2.45) is 0 Å². The fourth-order valence-corrected chi connectivity index (χ4v) is 1.39. The van der Waals surface area contributed by atoms with Gasteiger partial charge in [0.1, 0.15) is 12.5 Å². The summed E-state index contributed by atoms with van der Waals surface area (Å²) in [5, 5.41) is 18.9. The van der Waals surface area contributed by atoms with Gasteiger partial charge in [-0.1, -0.05) is 0 Å². The summed E-state index contributed by atoms with van der Waals surface area (Å²) in [5.74, 6) is 0. The third-order valence-electron chi connectivity index (χ3n) is 2.00. The van der Waals surface area contributed by atoms with E-state index in [1.54, 1.807) is 38.1 Å². The molecule has 1 aromatic carbocycles. The van der Waals surface area contributed by atoms with Crippen LogP contribution in [-0.4, -0.2) is 22.7 Å². The molecular formula is C10H16N2O2. The maximum atomic E-state index is 9.44. The number of nitrogens with zero attached hydrogens (tertiary/aromatic N) is 1. The Morgan fingerprint density at radius 3 is 1.86 bits per heavy atom. The zero-order valence-electron chi connectivity index (χ0n) is 8.38. The summed E-state index contributed by atoms with van der Waals surface area (Å²) in [5.41, 5.74) is 6.93. The molecule has 0 bridgehead atoms. The van der Waals surface area contributed by atoms with Crippen molar-refractivity contribution in [1.29, 1.82) is 0 Å². The summed E-state index contributed by atoms with van der Waals surface area (Å²) in [7, 11) is 0. The molecule has 1 rings (SSSR count). The molecule has 4 N–H and O–H groups in total. The number of benzene rings is 1. The molecule has 0 aliphatic carbocycles. The molecule has 4 nitrogen and oxygen atoms in total. The first-order valence-corrected chi connectivity index (χ1v) is 4.52. The predicted octanol–water partition coefficient (Wildman–Crippen LogP) is 0.752. The van der Waals surface area contributed by atoms with Gasteiger partial charge in [-0.15, -0.1) is 0 Å². The van der Waals surface area contributed by atoms with Gasteiger partial charge in [0.05, 0.1) is 0 Å². The van der Waals surface area contributed by atoms with E-state index in [-0.39, 0.29) is 0 Å². The van der Waals surface area contributed by atoms with Crippen LogP contribution < -0.4 is 10.6 Å². The third-order valence-corrected chi connectivity index (χ3v) is 2.00. The molecule has 0 saturated heterocycles. The highest BCUT2D eigenvalue weighted by Gasteiger charge is 2.16. The smallest absolute Gasteiger partial charge is 0.126 e. The molecule has 1 aromatic rings. The number of nitrogen functional groups attached to an aromatic ring is 1. The molecule has 0 aromatic heterocycles. The number of aliphatic hydroxyl groups is 2. The van der Waals surface area contributed by atoms with Crippen LogP contribution in [0.25, 0.3) is 0 Å². The van der Waals surface area contributed by atoms with Crippen LogP contribution in [0.15, 0.2) is 24.3 Å². The fraction of sp³-hybridized carbons (Fsp3) is 0.400. The minimum atomic E-state index is -0.737. The average Bonchev–Trinajstić information content (AvgIpc) is 2.07. The number of nitrogens with two attached hydrogens (primary N) is 1. The summed E-state index contributed by atoms with van der Waals surface area (Å²) in [6.45, 7) is 3.20. The summed E-state index contributed by atoms with van der Waals surface area (Å²) in [6.07, 6.45) is -1.47. The zero-order valence-corrected chi connectivity index (χ0v) is 8.38. The van der Waals surface area contributed by atoms with Crippen LogP contribution in [0.2, 0.25) is 0 Å². The Hall–Kier alpha value is -1.26. The molecule has 14 heavy (non-hydrogen) atoms. The first kappa shape index (κ1) is 10.8. The lowest BCUT2D eigenvalue weighted by Gasteiger charge is -2.30. The second-order valence-electron chi connectivity index (χ2n) is 3.26. The molecule has 78 valence electrons. The maximum Gasteiger partial charge on any atom is 0.126 e. The first-order chi connectivity index (χ1) is 6.52. The van der Waals surface area contributed by atoms with Crippen LogP contribution in [0.1, 0.15) is 13.8 Å². The van der Waals surface area contributed by atoms with Crippen LogP contribution in [0.4, 0.5) is 11.4 Å². The van der Waals surface area contributed by atoms with E-state index in [1.165, 1.54) is 4.90 Å². The topological polar surface area (TPSA) is 69.7 Å². The highest BCUT2D eigenvalue weighted by atomic mass is 16.3. The van der Waals surface area contributed by atoms with E-state index in [1.807, 2.05) is 0 Å². The number of aliphatic hydroxyl groups excluding tert-OH is 2. The van der Waals surface area contributed by atoms with Gasteiger partial charge in [0.15, 0.2) is 0 Å².